The van der Waals surface area contributed by atoms with Crippen molar-refractivity contribution >= 4 is 40.7 Å². The molecule has 0 amide bonds. The SMILES string of the molecule is CCOC(=O)C1=C(C)N=c2s/c(=C\c3ccc(Cl)cc3)c(=O)n2[C@@H]1c1ccc(N(C)C)cc1. The number of allylic oxidation sites excluding steroid dienone is 1. The van der Waals surface area contributed by atoms with Gasteiger partial charge in [0, 0.05) is 24.8 Å². The maximum atomic E-state index is 13.5. The van der Waals surface area contributed by atoms with Crippen molar-refractivity contribution in [3.05, 3.63) is 95.6 Å². The van der Waals surface area contributed by atoms with Gasteiger partial charge in [0.1, 0.15) is 0 Å². The van der Waals surface area contributed by atoms with Gasteiger partial charge in [-0.1, -0.05) is 47.2 Å². The Kier molecular flexibility index (Phi) is 6.54. The van der Waals surface area contributed by atoms with Gasteiger partial charge in [-0.15, -0.1) is 0 Å². The van der Waals surface area contributed by atoms with Crippen molar-refractivity contribution in [1.29, 1.82) is 0 Å². The summed E-state index contributed by atoms with van der Waals surface area (Å²) in [5, 5.41) is 0.629. The van der Waals surface area contributed by atoms with Gasteiger partial charge in [0.05, 0.1) is 28.5 Å². The van der Waals surface area contributed by atoms with E-state index in [1.165, 1.54) is 11.3 Å². The van der Waals surface area contributed by atoms with Crippen LogP contribution >= 0.6 is 22.9 Å². The maximum absolute atomic E-state index is 13.5. The summed E-state index contributed by atoms with van der Waals surface area (Å²) in [6, 6.07) is 14.5. The second kappa shape index (κ2) is 9.37. The molecular weight excluding hydrogens is 458 g/mol. The van der Waals surface area contributed by atoms with Gasteiger partial charge in [-0.3, -0.25) is 9.36 Å². The van der Waals surface area contributed by atoms with E-state index in [2.05, 4.69) is 4.99 Å². The molecule has 2 heterocycles. The van der Waals surface area contributed by atoms with Gasteiger partial charge in [0.2, 0.25) is 0 Å². The lowest BCUT2D eigenvalue weighted by molar-refractivity contribution is -0.139. The molecule has 1 aromatic heterocycles. The fourth-order valence-corrected chi connectivity index (χ4v) is 4.94. The normalized spacial score (nSPS) is 15.8. The highest BCUT2D eigenvalue weighted by Crippen LogP contribution is 2.31. The van der Waals surface area contributed by atoms with Crippen LogP contribution in [0.4, 0.5) is 5.69 Å². The lowest BCUT2D eigenvalue weighted by Crippen LogP contribution is -2.39. The maximum Gasteiger partial charge on any atom is 0.338 e. The van der Waals surface area contributed by atoms with Crippen molar-refractivity contribution in [3.63, 3.8) is 0 Å². The molecule has 0 unspecified atom stereocenters. The quantitative estimate of drug-likeness (QED) is 0.523. The van der Waals surface area contributed by atoms with Crippen molar-refractivity contribution in [2.75, 3.05) is 25.6 Å². The monoisotopic (exact) mass is 481 g/mol. The summed E-state index contributed by atoms with van der Waals surface area (Å²) in [6.45, 7) is 3.78. The number of aromatic nitrogens is 1. The minimum absolute atomic E-state index is 0.204. The van der Waals surface area contributed by atoms with Crippen LogP contribution in [0.15, 0.2) is 69.6 Å². The first-order valence-corrected chi connectivity index (χ1v) is 11.7. The molecule has 0 saturated heterocycles. The predicted octanol–water partition coefficient (Wildman–Crippen LogP) is 3.52. The molecule has 0 N–H and O–H groups in total. The molecule has 33 heavy (non-hydrogen) atoms. The highest BCUT2D eigenvalue weighted by atomic mass is 35.5. The summed E-state index contributed by atoms with van der Waals surface area (Å²) in [5.74, 6) is -0.465. The Morgan fingerprint density at radius 1 is 1.18 bits per heavy atom. The molecule has 0 bridgehead atoms. The number of halogens is 1. The number of benzene rings is 2. The average Bonchev–Trinajstić information content (AvgIpc) is 3.09. The highest BCUT2D eigenvalue weighted by molar-refractivity contribution is 7.07. The number of carbonyl (C=O) groups is 1. The fraction of sp³-hybridized carbons (Fsp3) is 0.240. The van der Waals surface area contributed by atoms with Gasteiger partial charge in [0.15, 0.2) is 4.80 Å². The number of hydrogen-bond acceptors (Lipinski definition) is 6. The van der Waals surface area contributed by atoms with Gasteiger partial charge < -0.3 is 9.64 Å². The lowest BCUT2D eigenvalue weighted by Gasteiger charge is -2.25. The van der Waals surface area contributed by atoms with Crippen LogP contribution in [-0.4, -0.2) is 31.2 Å². The Balaban J connectivity index is 1.92. The van der Waals surface area contributed by atoms with Crippen LogP contribution in [0.5, 0.6) is 0 Å². The lowest BCUT2D eigenvalue weighted by atomic mass is 9.95. The largest absolute Gasteiger partial charge is 0.463 e. The zero-order valence-electron chi connectivity index (χ0n) is 18.8. The van der Waals surface area contributed by atoms with Crippen LogP contribution in [0.3, 0.4) is 0 Å². The third-order valence-corrected chi connectivity index (χ3v) is 6.64. The molecule has 3 aromatic rings. The van der Waals surface area contributed by atoms with Crippen molar-refractivity contribution in [2.45, 2.75) is 19.9 Å². The first-order chi connectivity index (χ1) is 15.8. The van der Waals surface area contributed by atoms with E-state index in [1.807, 2.05) is 61.5 Å². The molecule has 6 nitrogen and oxygen atoms in total. The first-order valence-electron chi connectivity index (χ1n) is 10.5. The summed E-state index contributed by atoms with van der Waals surface area (Å²) < 4.78 is 7.46. The fourth-order valence-electron chi connectivity index (χ4n) is 3.77. The molecule has 0 fully saturated rings. The van der Waals surface area contributed by atoms with Gasteiger partial charge in [-0.05, 0) is 55.3 Å². The molecule has 0 radical (unpaired) electrons. The van der Waals surface area contributed by atoms with Crippen molar-refractivity contribution < 1.29 is 9.53 Å². The van der Waals surface area contributed by atoms with E-state index in [9.17, 15) is 9.59 Å². The molecule has 170 valence electrons. The Morgan fingerprint density at radius 2 is 1.85 bits per heavy atom. The molecule has 1 atom stereocenters. The second-order valence-electron chi connectivity index (χ2n) is 7.84. The number of hydrogen-bond donors (Lipinski definition) is 0. The van der Waals surface area contributed by atoms with E-state index in [0.717, 1.165) is 16.8 Å². The number of rotatable bonds is 5. The summed E-state index contributed by atoms with van der Waals surface area (Å²) in [4.78, 5) is 33.6. The van der Waals surface area contributed by atoms with Crippen LogP contribution in [0, 0.1) is 0 Å². The van der Waals surface area contributed by atoms with E-state index >= 15 is 0 Å². The number of carbonyl (C=O) groups excluding carboxylic acids is 1. The van der Waals surface area contributed by atoms with Gasteiger partial charge >= 0.3 is 5.97 Å². The Hall–Kier alpha value is -3.16. The van der Waals surface area contributed by atoms with E-state index in [4.69, 9.17) is 16.3 Å². The van der Waals surface area contributed by atoms with Crippen molar-refractivity contribution in [1.82, 2.24) is 4.57 Å². The van der Waals surface area contributed by atoms with Crippen LogP contribution in [0.1, 0.15) is 31.0 Å². The summed E-state index contributed by atoms with van der Waals surface area (Å²) in [5.41, 5.74) is 3.42. The third kappa shape index (κ3) is 4.51. The predicted molar refractivity (Wildman–Crippen MR) is 133 cm³/mol. The minimum atomic E-state index is -0.621. The molecule has 4 rings (SSSR count). The van der Waals surface area contributed by atoms with Crippen LogP contribution in [0.2, 0.25) is 5.02 Å². The number of anilines is 1. The number of thiazole rings is 1. The van der Waals surface area contributed by atoms with Gasteiger partial charge in [-0.25, -0.2) is 9.79 Å². The second-order valence-corrected chi connectivity index (χ2v) is 9.29. The number of ether oxygens (including phenoxy) is 1. The smallest absolute Gasteiger partial charge is 0.338 e. The number of fused-ring (bicyclic) bond motifs is 1. The number of nitrogens with zero attached hydrogens (tertiary/aromatic N) is 3. The summed E-state index contributed by atoms with van der Waals surface area (Å²) >= 11 is 7.29. The Morgan fingerprint density at radius 3 is 2.45 bits per heavy atom. The standard InChI is InChI=1S/C25H24ClN3O3S/c1-5-32-24(31)21-15(2)27-25-29(22(21)17-8-12-19(13-9-17)28(3)4)23(30)20(33-25)14-16-6-10-18(26)11-7-16/h6-14,22H,5H2,1-4H3/b20-14-/t22-/m1/s1. The minimum Gasteiger partial charge on any atom is -0.463 e. The molecule has 0 aliphatic carbocycles. The van der Waals surface area contributed by atoms with Crippen molar-refractivity contribution in [3.8, 4) is 0 Å². The van der Waals surface area contributed by atoms with Crippen molar-refractivity contribution in [2.24, 2.45) is 4.99 Å². The van der Waals surface area contributed by atoms with Crippen LogP contribution in [0.25, 0.3) is 6.08 Å². The average molecular weight is 482 g/mol. The molecule has 8 heteroatoms. The third-order valence-electron chi connectivity index (χ3n) is 5.41. The zero-order valence-corrected chi connectivity index (χ0v) is 20.4. The molecule has 0 spiro atoms. The van der Waals surface area contributed by atoms with E-state index in [0.29, 0.717) is 25.6 Å². The van der Waals surface area contributed by atoms with Gasteiger partial charge in [-0.2, -0.15) is 0 Å². The summed E-state index contributed by atoms with van der Waals surface area (Å²) in [7, 11) is 3.92. The number of esters is 1. The molecule has 1 aliphatic heterocycles. The zero-order chi connectivity index (χ0) is 23.7. The summed E-state index contributed by atoms with van der Waals surface area (Å²) in [6.07, 6.45) is 1.82. The molecule has 0 saturated carbocycles. The Bertz CT molecular complexity index is 1400. The van der Waals surface area contributed by atoms with E-state index in [-0.39, 0.29) is 12.2 Å². The van der Waals surface area contributed by atoms with E-state index < -0.39 is 12.0 Å². The molecule has 2 aromatic carbocycles. The topological polar surface area (TPSA) is 63.9 Å². The Labute approximate surface area is 200 Å². The first kappa shape index (κ1) is 23.0. The van der Waals surface area contributed by atoms with Crippen LogP contribution in [-0.2, 0) is 9.53 Å². The highest BCUT2D eigenvalue weighted by Gasteiger charge is 2.33. The molecule has 1 aliphatic rings. The van der Waals surface area contributed by atoms with Crippen LogP contribution < -0.4 is 19.8 Å². The molecular formula is C25H24ClN3O3S. The van der Waals surface area contributed by atoms with E-state index in [1.54, 1.807) is 30.5 Å². The van der Waals surface area contributed by atoms with Gasteiger partial charge in [0.25, 0.3) is 5.56 Å².